The van der Waals surface area contributed by atoms with Gasteiger partial charge in [-0.15, -0.1) is 0 Å². The van der Waals surface area contributed by atoms with Crippen molar-refractivity contribution in [3.05, 3.63) is 0 Å². The fourth-order valence-corrected chi connectivity index (χ4v) is 3.55. The van der Waals surface area contributed by atoms with E-state index in [1.54, 1.807) is 6.92 Å². The van der Waals surface area contributed by atoms with Crippen LogP contribution in [0.5, 0.6) is 0 Å². The van der Waals surface area contributed by atoms with Gasteiger partial charge < -0.3 is 5.32 Å². The monoisotopic (exact) mass is 235 g/mol. The van der Waals surface area contributed by atoms with Crippen molar-refractivity contribution in [3.8, 4) is 0 Å². The minimum atomic E-state index is -4.09. The molecule has 0 amide bonds. The van der Waals surface area contributed by atoms with Crippen LogP contribution in [0.25, 0.3) is 0 Å². The average Bonchev–Trinajstić information content (AvgIpc) is 2.76. The molecule has 0 aliphatic heterocycles. The highest BCUT2D eigenvalue weighted by atomic mass is 19.4. The van der Waals surface area contributed by atoms with Gasteiger partial charge in [0.1, 0.15) is 6.04 Å². The molecule has 2 rings (SSSR count). The minimum absolute atomic E-state index is 0.290. The molecule has 0 spiro atoms. The van der Waals surface area contributed by atoms with Gasteiger partial charge in [-0.2, -0.15) is 13.2 Å². The lowest BCUT2D eigenvalue weighted by molar-refractivity contribution is -0.160. The van der Waals surface area contributed by atoms with E-state index in [-0.39, 0.29) is 0 Å². The quantitative estimate of drug-likeness (QED) is 0.788. The zero-order valence-corrected chi connectivity index (χ0v) is 9.69. The van der Waals surface area contributed by atoms with E-state index in [4.69, 9.17) is 0 Å². The smallest absolute Gasteiger partial charge is 0.306 e. The molecule has 2 bridgehead atoms. The van der Waals surface area contributed by atoms with E-state index in [2.05, 4.69) is 5.32 Å². The molecule has 0 heterocycles. The Morgan fingerprint density at radius 2 is 2.00 bits per heavy atom. The predicted molar refractivity (Wildman–Crippen MR) is 57.1 cm³/mol. The van der Waals surface area contributed by atoms with Gasteiger partial charge in [0.25, 0.3) is 0 Å². The molecular formula is C12H20F3N. The highest BCUT2D eigenvalue weighted by molar-refractivity contribution is 4.92. The van der Waals surface area contributed by atoms with E-state index in [0.717, 1.165) is 18.8 Å². The highest BCUT2D eigenvalue weighted by Gasteiger charge is 2.45. The van der Waals surface area contributed by atoms with E-state index >= 15 is 0 Å². The molecule has 2 fully saturated rings. The van der Waals surface area contributed by atoms with Crippen molar-refractivity contribution in [1.29, 1.82) is 0 Å². The van der Waals surface area contributed by atoms with Gasteiger partial charge in [-0.3, -0.25) is 0 Å². The Hall–Kier alpha value is -0.250. The second kappa shape index (κ2) is 4.55. The topological polar surface area (TPSA) is 12.0 Å². The van der Waals surface area contributed by atoms with Crippen LogP contribution in [0.15, 0.2) is 0 Å². The molecule has 16 heavy (non-hydrogen) atoms. The van der Waals surface area contributed by atoms with Crippen LogP contribution < -0.4 is 5.32 Å². The summed E-state index contributed by atoms with van der Waals surface area (Å²) in [6, 6.07) is -1.29. The Morgan fingerprint density at radius 1 is 1.25 bits per heavy atom. The molecule has 0 aromatic carbocycles. The van der Waals surface area contributed by atoms with Crippen LogP contribution in [0.3, 0.4) is 0 Å². The number of hydrogen-bond acceptors (Lipinski definition) is 1. The van der Waals surface area contributed by atoms with E-state index in [1.807, 2.05) is 0 Å². The molecule has 0 saturated heterocycles. The van der Waals surface area contributed by atoms with Crippen molar-refractivity contribution >= 4 is 0 Å². The van der Waals surface area contributed by atoms with Crippen LogP contribution in [0.4, 0.5) is 13.2 Å². The third kappa shape index (κ3) is 2.53. The number of alkyl halides is 3. The lowest BCUT2D eigenvalue weighted by atomic mass is 9.84. The number of fused-ring (bicyclic) bond motifs is 2. The van der Waals surface area contributed by atoms with Gasteiger partial charge in [0.05, 0.1) is 0 Å². The first-order valence-corrected chi connectivity index (χ1v) is 6.30. The van der Waals surface area contributed by atoms with Crippen molar-refractivity contribution in [1.82, 2.24) is 5.32 Å². The number of halogens is 3. The van der Waals surface area contributed by atoms with Crippen LogP contribution in [0.2, 0.25) is 0 Å². The van der Waals surface area contributed by atoms with Gasteiger partial charge in [-0.05, 0) is 50.0 Å². The van der Waals surface area contributed by atoms with Crippen molar-refractivity contribution in [2.45, 2.75) is 51.2 Å². The molecular weight excluding hydrogens is 215 g/mol. The molecule has 94 valence electrons. The summed E-state index contributed by atoms with van der Waals surface area (Å²) in [7, 11) is 0. The molecule has 4 unspecified atom stereocenters. The molecule has 2 saturated carbocycles. The first-order valence-electron chi connectivity index (χ1n) is 6.30. The SMILES string of the molecule is CCNC(CC1CC2CCC1C2)C(F)(F)F. The fraction of sp³-hybridized carbons (Fsp3) is 1.00. The minimum Gasteiger partial charge on any atom is -0.306 e. The lowest BCUT2D eigenvalue weighted by Crippen LogP contribution is -2.44. The molecule has 1 nitrogen and oxygen atoms in total. The Bertz CT molecular complexity index is 239. The lowest BCUT2D eigenvalue weighted by Gasteiger charge is -2.28. The van der Waals surface area contributed by atoms with Crippen molar-refractivity contribution in [2.24, 2.45) is 17.8 Å². The second-order valence-corrected chi connectivity index (χ2v) is 5.32. The van der Waals surface area contributed by atoms with Crippen LogP contribution in [0, 0.1) is 17.8 Å². The molecule has 2 aliphatic carbocycles. The van der Waals surface area contributed by atoms with Crippen molar-refractivity contribution in [3.63, 3.8) is 0 Å². The zero-order valence-electron chi connectivity index (χ0n) is 9.69. The third-order valence-corrected chi connectivity index (χ3v) is 4.27. The largest absolute Gasteiger partial charge is 0.403 e. The Balaban J connectivity index is 1.91. The van der Waals surface area contributed by atoms with Crippen molar-refractivity contribution < 1.29 is 13.2 Å². The summed E-state index contributed by atoms with van der Waals surface area (Å²) < 4.78 is 38.2. The van der Waals surface area contributed by atoms with Crippen LogP contribution in [0.1, 0.15) is 39.0 Å². The number of rotatable bonds is 4. The Kier molecular flexibility index (Phi) is 3.48. The van der Waals surface area contributed by atoms with E-state index in [1.165, 1.54) is 12.8 Å². The summed E-state index contributed by atoms with van der Waals surface area (Å²) in [6.07, 6.45) is 0.825. The van der Waals surface area contributed by atoms with Crippen LogP contribution >= 0.6 is 0 Å². The predicted octanol–water partition coefficient (Wildman–Crippen LogP) is 3.35. The Morgan fingerprint density at radius 3 is 2.44 bits per heavy atom. The first kappa shape index (κ1) is 12.2. The summed E-state index contributed by atoms with van der Waals surface area (Å²) in [5.41, 5.74) is 0. The molecule has 1 N–H and O–H groups in total. The molecule has 0 aromatic heterocycles. The summed E-state index contributed by atoms with van der Waals surface area (Å²) in [6.45, 7) is 2.13. The van der Waals surface area contributed by atoms with Gasteiger partial charge in [-0.1, -0.05) is 13.3 Å². The molecule has 2 aliphatic rings. The van der Waals surface area contributed by atoms with Gasteiger partial charge in [-0.25, -0.2) is 0 Å². The van der Waals surface area contributed by atoms with Gasteiger partial charge in [0, 0.05) is 0 Å². The highest BCUT2D eigenvalue weighted by Crippen LogP contribution is 2.50. The zero-order chi connectivity index (χ0) is 11.8. The van der Waals surface area contributed by atoms with E-state index in [9.17, 15) is 13.2 Å². The van der Waals surface area contributed by atoms with Crippen LogP contribution in [-0.2, 0) is 0 Å². The van der Waals surface area contributed by atoms with E-state index < -0.39 is 12.2 Å². The Labute approximate surface area is 94.8 Å². The molecule has 0 radical (unpaired) electrons. The summed E-state index contributed by atoms with van der Waals surface area (Å²) in [4.78, 5) is 0. The molecule has 4 atom stereocenters. The van der Waals surface area contributed by atoms with Gasteiger partial charge in [0.2, 0.25) is 0 Å². The number of hydrogen-bond donors (Lipinski definition) is 1. The standard InChI is InChI=1S/C12H20F3N/c1-2-16-11(12(13,14)15)7-10-6-8-3-4-9(10)5-8/h8-11,16H,2-7H2,1H3. The summed E-state index contributed by atoms with van der Waals surface area (Å²) >= 11 is 0. The number of nitrogens with one attached hydrogen (secondary N) is 1. The molecule has 4 heteroatoms. The fourth-order valence-electron chi connectivity index (χ4n) is 3.55. The normalized spacial score (nSPS) is 35.6. The van der Waals surface area contributed by atoms with E-state index in [0.29, 0.717) is 24.8 Å². The van der Waals surface area contributed by atoms with Gasteiger partial charge in [0.15, 0.2) is 0 Å². The second-order valence-electron chi connectivity index (χ2n) is 5.32. The maximum Gasteiger partial charge on any atom is 0.403 e. The maximum atomic E-state index is 12.7. The average molecular weight is 235 g/mol. The summed E-state index contributed by atoms with van der Waals surface area (Å²) in [5, 5.41) is 2.58. The van der Waals surface area contributed by atoms with Crippen LogP contribution in [-0.4, -0.2) is 18.8 Å². The van der Waals surface area contributed by atoms with Gasteiger partial charge >= 0.3 is 6.18 Å². The summed E-state index contributed by atoms with van der Waals surface area (Å²) in [5.74, 6) is 1.61. The first-order chi connectivity index (χ1) is 7.50. The maximum absolute atomic E-state index is 12.7. The van der Waals surface area contributed by atoms with Crippen molar-refractivity contribution in [2.75, 3.05) is 6.54 Å². The molecule has 0 aromatic rings. The third-order valence-electron chi connectivity index (χ3n) is 4.27.